The number of likely N-dealkylation sites (N-methyl/N-ethyl adjacent to an activating group) is 1. The summed E-state index contributed by atoms with van der Waals surface area (Å²) in [5.41, 5.74) is 8.62. The van der Waals surface area contributed by atoms with Crippen LogP contribution in [0.5, 0.6) is 0 Å². The van der Waals surface area contributed by atoms with E-state index in [2.05, 4.69) is 24.9 Å². The van der Waals surface area contributed by atoms with Crippen molar-refractivity contribution in [3.63, 3.8) is 0 Å². The maximum Gasteiger partial charge on any atom is 0.0438 e. The Labute approximate surface area is 102 Å². The second kappa shape index (κ2) is 4.36. The van der Waals surface area contributed by atoms with Gasteiger partial charge in [-0.25, -0.2) is 0 Å². The number of rotatable bonds is 2. The molecule has 0 spiro atoms. The Morgan fingerprint density at radius 2 is 2.25 bits per heavy atom. The van der Waals surface area contributed by atoms with Crippen LogP contribution in [-0.2, 0) is 5.41 Å². The average molecular weight is 239 g/mol. The summed E-state index contributed by atoms with van der Waals surface area (Å²) in [4.78, 5) is 2.34. The van der Waals surface area contributed by atoms with Gasteiger partial charge in [0.1, 0.15) is 0 Å². The highest BCUT2D eigenvalue weighted by molar-refractivity contribution is 6.31. The molecule has 0 saturated carbocycles. The van der Waals surface area contributed by atoms with Crippen LogP contribution in [0.1, 0.15) is 17.5 Å². The molecule has 0 aliphatic carbocycles. The van der Waals surface area contributed by atoms with Crippen molar-refractivity contribution in [2.45, 2.75) is 18.8 Å². The highest BCUT2D eigenvalue weighted by atomic mass is 35.5. The number of hydrogen-bond acceptors (Lipinski definition) is 2. The van der Waals surface area contributed by atoms with Gasteiger partial charge in [-0.05, 0) is 44.1 Å². The molecular formula is C13H19ClN2. The van der Waals surface area contributed by atoms with Crippen molar-refractivity contribution in [3.8, 4) is 0 Å². The average Bonchev–Trinajstić information content (AvgIpc) is 2.65. The Morgan fingerprint density at radius 3 is 2.81 bits per heavy atom. The molecule has 1 heterocycles. The first kappa shape index (κ1) is 11.9. The summed E-state index contributed by atoms with van der Waals surface area (Å²) >= 11 is 6.19. The minimum absolute atomic E-state index is 0.101. The van der Waals surface area contributed by atoms with Crippen molar-refractivity contribution < 1.29 is 0 Å². The Morgan fingerprint density at radius 1 is 1.50 bits per heavy atom. The molecule has 2 rings (SSSR count). The van der Waals surface area contributed by atoms with E-state index < -0.39 is 0 Å². The number of benzene rings is 1. The van der Waals surface area contributed by atoms with Gasteiger partial charge in [0.25, 0.3) is 0 Å². The fourth-order valence-corrected chi connectivity index (χ4v) is 2.93. The third kappa shape index (κ3) is 1.86. The molecule has 3 heteroatoms. The van der Waals surface area contributed by atoms with Crippen LogP contribution in [0.15, 0.2) is 18.2 Å². The lowest BCUT2D eigenvalue weighted by Gasteiger charge is -2.30. The molecule has 1 aliphatic heterocycles. The van der Waals surface area contributed by atoms with Crippen molar-refractivity contribution >= 4 is 11.6 Å². The zero-order valence-electron chi connectivity index (χ0n) is 9.96. The lowest BCUT2D eigenvalue weighted by molar-refractivity contribution is 0.371. The molecule has 1 aromatic carbocycles. The van der Waals surface area contributed by atoms with E-state index in [9.17, 15) is 0 Å². The van der Waals surface area contributed by atoms with Gasteiger partial charge in [-0.2, -0.15) is 0 Å². The lowest BCUT2D eigenvalue weighted by atomic mass is 9.77. The predicted molar refractivity (Wildman–Crippen MR) is 69.0 cm³/mol. The summed E-state index contributed by atoms with van der Waals surface area (Å²) in [6.45, 7) is 4.93. The fourth-order valence-electron chi connectivity index (χ4n) is 2.76. The summed E-state index contributed by atoms with van der Waals surface area (Å²) in [7, 11) is 2.15. The van der Waals surface area contributed by atoms with Crippen molar-refractivity contribution in [2.24, 2.45) is 5.73 Å². The van der Waals surface area contributed by atoms with E-state index in [0.717, 1.165) is 24.5 Å². The van der Waals surface area contributed by atoms with E-state index in [1.807, 2.05) is 12.1 Å². The topological polar surface area (TPSA) is 29.3 Å². The minimum Gasteiger partial charge on any atom is -0.330 e. The first-order valence-corrected chi connectivity index (χ1v) is 6.11. The molecule has 1 fully saturated rings. The van der Waals surface area contributed by atoms with E-state index >= 15 is 0 Å². The summed E-state index contributed by atoms with van der Waals surface area (Å²) in [6, 6.07) is 6.15. The molecule has 0 radical (unpaired) electrons. The van der Waals surface area contributed by atoms with E-state index in [1.165, 1.54) is 11.1 Å². The highest BCUT2D eigenvalue weighted by Crippen LogP contribution is 2.36. The molecule has 2 nitrogen and oxygen atoms in total. The van der Waals surface area contributed by atoms with Crippen LogP contribution in [0.2, 0.25) is 5.02 Å². The van der Waals surface area contributed by atoms with Gasteiger partial charge >= 0.3 is 0 Å². The quantitative estimate of drug-likeness (QED) is 0.856. The molecule has 1 aromatic rings. The van der Waals surface area contributed by atoms with Gasteiger partial charge in [0.05, 0.1) is 0 Å². The predicted octanol–water partition coefficient (Wildman–Crippen LogP) is 2.18. The van der Waals surface area contributed by atoms with Crippen molar-refractivity contribution in [1.82, 2.24) is 4.90 Å². The van der Waals surface area contributed by atoms with Gasteiger partial charge in [0, 0.05) is 23.5 Å². The second-order valence-corrected chi connectivity index (χ2v) is 5.29. The fraction of sp³-hybridized carbons (Fsp3) is 0.538. The molecule has 16 heavy (non-hydrogen) atoms. The zero-order valence-corrected chi connectivity index (χ0v) is 10.7. The SMILES string of the molecule is Cc1c(Cl)cccc1C1(CN)CCN(C)C1. The van der Waals surface area contributed by atoms with Crippen molar-refractivity contribution in [3.05, 3.63) is 34.3 Å². The number of nitrogens with zero attached hydrogens (tertiary/aromatic N) is 1. The lowest BCUT2D eigenvalue weighted by Crippen LogP contribution is -2.38. The second-order valence-electron chi connectivity index (χ2n) is 4.88. The maximum atomic E-state index is 6.19. The van der Waals surface area contributed by atoms with Crippen LogP contribution >= 0.6 is 11.6 Å². The van der Waals surface area contributed by atoms with Gasteiger partial charge in [0.2, 0.25) is 0 Å². The van der Waals surface area contributed by atoms with Gasteiger partial charge in [0.15, 0.2) is 0 Å². The monoisotopic (exact) mass is 238 g/mol. The molecule has 88 valence electrons. The number of hydrogen-bond donors (Lipinski definition) is 1. The number of nitrogens with two attached hydrogens (primary N) is 1. The molecular weight excluding hydrogens is 220 g/mol. The van der Waals surface area contributed by atoms with Gasteiger partial charge in [-0.3, -0.25) is 0 Å². The molecule has 2 N–H and O–H groups in total. The Balaban J connectivity index is 2.45. The van der Waals surface area contributed by atoms with Crippen molar-refractivity contribution in [2.75, 3.05) is 26.7 Å². The molecule has 0 aromatic heterocycles. The summed E-state index contributed by atoms with van der Waals surface area (Å²) in [5.74, 6) is 0. The summed E-state index contributed by atoms with van der Waals surface area (Å²) in [6.07, 6.45) is 1.13. The standard InChI is InChI=1S/C13H19ClN2/c1-10-11(4-3-5-12(10)14)13(8-15)6-7-16(2)9-13/h3-5H,6-9,15H2,1-2H3. The largest absolute Gasteiger partial charge is 0.330 e. The third-order valence-corrected chi connectivity index (χ3v) is 4.18. The molecule has 1 atom stereocenters. The van der Waals surface area contributed by atoms with Gasteiger partial charge < -0.3 is 10.6 Å². The maximum absolute atomic E-state index is 6.19. The summed E-state index contributed by atoms with van der Waals surface area (Å²) in [5, 5.41) is 0.847. The van der Waals surface area contributed by atoms with Crippen LogP contribution in [0.25, 0.3) is 0 Å². The number of halogens is 1. The van der Waals surface area contributed by atoms with Crippen molar-refractivity contribution in [1.29, 1.82) is 0 Å². The molecule has 1 saturated heterocycles. The highest BCUT2D eigenvalue weighted by Gasteiger charge is 2.38. The first-order valence-electron chi connectivity index (χ1n) is 5.73. The van der Waals surface area contributed by atoms with E-state index in [-0.39, 0.29) is 5.41 Å². The van der Waals surface area contributed by atoms with Crippen LogP contribution in [0.3, 0.4) is 0 Å². The Kier molecular flexibility index (Phi) is 3.24. The first-order chi connectivity index (χ1) is 7.59. The van der Waals surface area contributed by atoms with Crippen LogP contribution in [0, 0.1) is 6.92 Å². The Hall–Kier alpha value is -0.570. The number of likely N-dealkylation sites (tertiary alicyclic amines) is 1. The summed E-state index contributed by atoms with van der Waals surface area (Å²) < 4.78 is 0. The van der Waals surface area contributed by atoms with Gasteiger partial charge in [-0.15, -0.1) is 0 Å². The minimum atomic E-state index is 0.101. The van der Waals surface area contributed by atoms with Crippen LogP contribution in [0.4, 0.5) is 0 Å². The smallest absolute Gasteiger partial charge is 0.0438 e. The molecule has 0 bridgehead atoms. The molecule has 1 aliphatic rings. The van der Waals surface area contributed by atoms with Gasteiger partial charge in [-0.1, -0.05) is 23.7 Å². The zero-order chi connectivity index (χ0) is 11.8. The normalized spacial score (nSPS) is 26.2. The molecule has 0 amide bonds. The third-order valence-electron chi connectivity index (χ3n) is 3.77. The molecule has 1 unspecified atom stereocenters. The van der Waals surface area contributed by atoms with Crippen LogP contribution < -0.4 is 5.73 Å². The Bertz CT molecular complexity index is 392. The van der Waals surface area contributed by atoms with E-state index in [0.29, 0.717) is 6.54 Å². The van der Waals surface area contributed by atoms with E-state index in [1.54, 1.807) is 0 Å². The van der Waals surface area contributed by atoms with E-state index in [4.69, 9.17) is 17.3 Å². The van der Waals surface area contributed by atoms with Crippen LogP contribution in [-0.4, -0.2) is 31.6 Å².